The van der Waals surface area contributed by atoms with Crippen molar-refractivity contribution in [2.75, 3.05) is 51.6 Å². The molecule has 0 spiro atoms. The molecule has 0 aliphatic rings. The maximum absolute atomic E-state index is 13.2. The molecule has 2 unspecified atom stereocenters. The van der Waals surface area contributed by atoms with Gasteiger partial charge in [0, 0.05) is 23.1 Å². The number of carboxylic acids is 3. The Hall–Kier alpha value is -8.19. The molecule has 2 N–H and O–H groups in total. The maximum atomic E-state index is 13.2. The molecule has 27 nitrogen and oxygen atoms in total. The number of carboxylic acid groups (broad SMARTS) is 3. The average Bonchev–Trinajstić information content (AvgIpc) is 0.772. The van der Waals surface area contributed by atoms with Gasteiger partial charge in [-0.25, -0.2) is 41.5 Å². The maximum Gasteiger partial charge on any atom is 1.00 e. The van der Waals surface area contributed by atoms with Gasteiger partial charge in [-0.15, -0.1) is 0 Å². The fourth-order valence-electron chi connectivity index (χ4n) is 8.66. The molecule has 6 heterocycles. The number of halogens is 8. The van der Waals surface area contributed by atoms with E-state index in [0.29, 0.717) is 53.7 Å². The second kappa shape index (κ2) is 68.7. The third-order valence-electron chi connectivity index (χ3n) is 14.3. The molecular weight excluding hydrogens is 1720 g/mol. The molecule has 0 fully saturated rings. The number of nitrogens with zero attached hydrogens (tertiary/aromatic N) is 6. The van der Waals surface area contributed by atoms with Gasteiger partial charge >= 0.3 is 105 Å². The number of carbonyl (C=O) groups excluding carboxylic acids is 9. The average molecular weight is 1830 g/mol. The van der Waals surface area contributed by atoms with Gasteiger partial charge in [-0.2, -0.15) is 0 Å². The number of aromatic nitrogens is 6. The number of rotatable bonds is 33. The van der Waals surface area contributed by atoms with E-state index < -0.39 is 112 Å². The molecule has 2 atom stereocenters. The van der Waals surface area contributed by atoms with Crippen molar-refractivity contribution in [3.05, 3.63) is 178 Å². The normalized spacial score (nSPS) is 10.6. The van der Waals surface area contributed by atoms with Gasteiger partial charge < -0.3 is 53.3 Å². The summed E-state index contributed by atoms with van der Waals surface area (Å²) in [5.41, 5.74) is -1.13. The van der Waals surface area contributed by atoms with Crippen LogP contribution in [-0.4, -0.2) is 157 Å². The Bertz CT molecular complexity index is 3740. The Balaban J connectivity index is -0.000000635. The second-order valence-corrected chi connectivity index (χ2v) is 27.2. The molecule has 6 aromatic heterocycles. The number of ketones is 1. The number of alkyl halides is 1. The molecule has 6 rings (SSSR count). The number of hydrogen-bond donors (Lipinski definition) is 2. The molecule has 0 radical (unpaired) electrons. The molecule has 0 bridgehead atoms. The minimum atomic E-state index is -1.66. The standard InChI is InChI=1S/C17H24FNO4.C16H22FNO3.C12H14FNO4.C12H16FNO2.C6H5NO2.C5H3BrFN.C5H11Br.C5H8O4.C3H5ClO2.K/c1-5-22-15(20)17(10-9-12(3)4,16(21)23-6-2)14-8-7-13(18)11-19-14;1-4-21-16(20)9-15(19)13(7-5-11(2)3)14-8-6-12(17)10-18-14;1-3-17-11(15)10(12(16)18-4-2)9-6-5-8(13)7-14-9;1-8(2)3-5-10(12(15)16)11-6-4-9(13)7-14-11;8-6(9)5-3-1-2-4-7-5;6-5-2-1-4(7)3-8-5;1-5(2)3-4-6;1-2-9-5(8)3-4(6)7;1-2-6-3(4)5;/h7-8,11-12H,5-6,9-10H2,1-4H3;6,8,10-11,13H,4-5,7,9H2,1-3H3;5-7,10H,3-4H2,1-2H3;4,6-8,10H,3,5H2,1-2H3,(H,15,16);1-4H,(H,8,9);1-3H;5H,3-4H2,1-2H3;2-3H2,1H3,(H,6,7);2H2,1H3;/q;;;;;;;;;+1/p-1. The van der Waals surface area contributed by atoms with E-state index in [0.717, 1.165) is 61.1 Å². The first-order valence-corrected chi connectivity index (χ1v) is 39.2. The quantitative estimate of drug-likeness (QED) is 0.00565. The molecule has 0 aliphatic carbocycles. The molecule has 0 aliphatic heterocycles. The van der Waals surface area contributed by atoms with Gasteiger partial charge in [-0.3, -0.25) is 58.3 Å². The van der Waals surface area contributed by atoms with E-state index in [4.69, 9.17) is 45.5 Å². The van der Waals surface area contributed by atoms with Gasteiger partial charge in [0.1, 0.15) is 45.8 Å². The first kappa shape index (κ1) is 115. The first-order chi connectivity index (χ1) is 54.7. The van der Waals surface area contributed by atoms with Crippen LogP contribution in [0.2, 0.25) is 0 Å². The second-order valence-electron chi connectivity index (χ2n) is 25.3. The van der Waals surface area contributed by atoms with Crippen molar-refractivity contribution in [3.8, 4) is 0 Å². The molecule has 0 saturated carbocycles. The van der Waals surface area contributed by atoms with Crippen molar-refractivity contribution in [1.82, 2.24) is 29.9 Å². The zero-order valence-electron chi connectivity index (χ0n) is 68.9. The predicted molar refractivity (Wildman–Crippen MR) is 425 cm³/mol. The smallest absolute Gasteiger partial charge is 0.550 e. The molecule has 6 aromatic rings. The predicted octanol–water partition coefficient (Wildman–Crippen LogP) is 12.8. The van der Waals surface area contributed by atoms with E-state index in [9.17, 15) is 79.8 Å². The summed E-state index contributed by atoms with van der Waals surface area (Å²) in [7, 11) is 0. The van der Waals surface area contributed by atoms with Crippen molar-refractivity contribution >= 4 is 108 Å². The molecule has 0 aromatic carbocycles. The van der Waals surface area contributed by atoms with E-state index in [1.807, 2.05) is 27.7 Å². The third kappa shape index (κ3) is 55.2. The van der Waals surface area contributed by atoms with Gasteiger partial charge in [0.15, 0.2) is 11.7 Å². The van der Waals surface area contributed by atoms with E-state index >= 15 is 0 Å². The topological polar surface area (TPSA) is 393 Å². The van der Waals surface area contributed by atoms with Gasteiger partial charge in [-0.05, 0) is 206 Å². The largest absolute Gasteiger partial charge is 1.00 e. The van der Waals surface area contributed by atoms with Crippen molar-refractivity contribution in [2.24, 2.45) is 23.7 Å². The van der Waals surface area contributed by atoms with Gasteiger partial charge in [-0.1, -0.05) is 77.4 Å². The summed E-state index contributed by atoms with van der Waals surface area (Å²) in [5.74, 6) is -10.4. The number of ether oxygens (including phenoxy) is 7. The van der Waals surface area contributed by atoms with E-state index in [-0.39, 0.29) is 138 Å². The van der Waals surface area contributed by atoms with Gasteiger partial charge in [0.25, 0.3) is 0 Å². The molecule has 0 amide bonds. The third-order valence-corrected chi connectivity index (χ3v) is 15.3. The van der Waals surface area contributed by atoms with Crippen LogP contribution in [0.3, 0.4) is 0 Å². The Labute approximate surface area is 744 Å². The first-order valence-electron chi connectivity index (χ1n) is 36.9. The van der Waals surface area contributed by atoms with Crippen LogP contribution in [0.5, 0.6) is 0 Å². The molecule has 117 heavy (non-hydrogen) atoms. The van der Waals surface area contributed by atoms with E-state index in [1.165, 1.54) is 67.2 Å². The fourth-order valence-corrected chi connectivity index (χ4v) is 9.92. The summed E-state index contributed by atoms with van der Waals surface area (Å²) in [6.07, 6.45) is 10.6. The Morgan fingerprint density at radius 3 is 1.13 bits per heavy atom. The van der Waals surface area contributed by atoms with Crippen LogP contribution < -0.4 is 56.5 Å². The van der Waals surface area contributed by atoms with Crippen molar-refractivity contribution < 1.29 is 175 Å². The van der Waals surface area contributed by atoms with E-state index in [1.54, 1.807) is 66.7 Å². The Morgan fingerprint density at radius 1 is 0.453 bits per heavy atom. The molecule has 0 saturated heterocycles. The number of pyridine rings is 6. The van der Waals surface area contributed by atoms with Crippen LogP contribution in [0.4, 0.5) is 26.7 Å². The van der Waals surface area contributed by atoms with Crippen LogP contribution in [-0.2, 0) is 81.7 Å². The Kier molecular flexibility index (Phi) is 67.6. The summed E-state index contributed by atoms with van der Waals surface area (Å²) in [6.45, 7) is 29.5. The molecular formula is C81H107Br2ClF5KN6O21. The summed E-state index contributed by atoms with van der Waals surface area (Å²) < 4.78 is 97.3. The number of esters is 6. The summed E-state index contributed by atoms with van der Waals surface area (Å²) in [4.78, 5) is 146. The van der Waals surface area contributed by atoms with Crippen LogP contribution in [0.1, 0.15) is 213 Å². The summed E-state index contributed by atoms with van der Waals surface area (Å²) >= 11 is 11.1. The van der Waals surface area contributed by atoms with Crippen LogP contribution in [0.15, 0.2) is 121 Å². The van der Waals surface area contributed by atoms with Crippen LogP contribution >= 0.6 is 43.5 Å². The minimum absolute atomic E-state index is 0. The zero-order valence-corrected chi connectivity index (χ0v) is 75.9. The number of aromatic carboxylic acids is 1. The summed E-state index contributed by atoms with van der Waals surface area (Å²) in [5, 5.41) is 28.2. The fraction of sp³-hybridized carbons (Fsp3) is 0.494. The van der Waals surface area contributed by atoms with Crippen LogP contribution in [0.25, 0.3) is 0 Å². The molecule has 644 valence electrons. The minimum Gasteiger partial charge on any atom is -0.550 e. The van der Waals surface area contributed by atoms with Crippen molar-refractivity contribution in [3.63, 3.8) is 0 Å². The van der Waals surface area contributed by atoms with Gasteiger partial charge in [0.05, 0.1) is 124 Å². The number of carbonyl (C=O) groups is 11. The van der Waals surface area contributed by atoms with Crippen molar-refractivity contribution in [1.29, 1.82) is 0 Å². The Morgan fingerprint density at radius 2 is 0.838 bits per heavy atom. The van der Waals surface area contributed by atoms with Crippen molar-refractivity contribution in [2.45, 2.75) is 185 Å². The summed E-state index contributed by atoms with van der Waals surface area (Å²) in [6, 6.07) is 18.0. The molecule has 36 heteroatoms. The number of hydrogen-bond acceptors (Lipinski definition) is 25. The van der Waals surface area contributed by atoms with Crippen LogP contribution in [0, 0.1) is 52.8 Å². The zero-order chi connectivity index (χ0) is 88.9. The number of aliphatic carboxylic acids is 2. The monoisotopic (exact) mass is 1830 g/mol. The van der Waals surface area contributed by atoms with Gasteiger partial charge in [0.2, 0.25) is 5.41 Å². The number of Topliss-reactive ketones (excluding diaryl/α,β-unsaturated/α-hetero) is 1. The SMILES string of the molecule is CC(C)CCBr.CC(C)CCC(C(=O)O)c1ccc(F)cn1.CCOC(=O)C(C(=O)OCC)c1ccc(F)cn1.CCOC(=O)C(CCC(C)C)(C(=O)OCC)c1ccc(F)cn1.CCOC(=O)CC(=O)C(CCC(C)C)c1ccc(F)cn1.CCOC(=O)CC(=O)[O-].CCOC(=O)Cl.Fc1ccc(Br)nc1.O=C(O)c1ccccn1.[K+]. The van der Waals surface area contributed by atoms with E-state index in [2.05, 4.69) is 98.9 Å².